The Balaban J connectivity index is 1.84. The van der Waals surface area contributed by atoms with E-state index in [0.717, 1.165) is 10.0 Å². The number of hydrogen-bond acceptors (Lipinski definition) is 5. The molecule has 0 saturated heterocycles. The molecule has 1 aromatic rings. The van der Waals surface area contributed by atoms with Gasteiger partial charge in [-0.25, -0.2) is 4.79 Å². The van der Waals surface area contributed by atoms with Crippen LogP contribution in [0.5, 0.6) is 0 Å². The van der Waals surface area contributed by atoms with Gasteiger partial charge in [0.2, 0.25) is 5.76 Å². The molecule has 0 atom stereocenters. The van der Waals surface area contributed by atoms with Gasteiger partial charge in [-0.05, 0) is 30.7 Å². The van der Waals surface area contributed by atoms with Crippen LogP contribution in [0.25, 0.3) is 0 Å². The molecular formula is C14H14BrNO5. The number of anilines is 1. The molecule has 0 fully saturated rings. The van der Waals surface area contributed by atoms with Gasteiger partial charge < -0.3 is 19.5 Å². The Morgan fingerprint density at radius 2 is 2.19 bits per heavy atom. The van der Waals surface area contributed by atoms with Crippen molar-refractivity contribution in [2.24, 2.45) is 0 Å². The molecule has 112 valence electrons. The lowest BCUT2D eigenvalue weighted by Crippen LogP contribution is -2.24. The fraction of sp³-hybridized carbons (Fsp3) is 0.286. The third-order valence-corrected chi connectivity index (χ3v) is 3.14. The Morgan fingerprint density at radius 3 is 2.86 bits per heavy atom. The van der Waals surface area contributed by atoms with Gasteiger partial charge in [-0.2, -0.15) is 0 Å². The first-order chi connectivity index (χ1) is 10.1. The van der Waals surface area contributed by atoms with Crippen molar-refractivity contribution in [3.8, 4) is 0 Å². The van der Waals surface area contributed by atoms with Crippen molar-refractivity contribution >= 4 is 33.5 Å². The van der Waals surface area contributed by atoms with Gasteiger partial charge in [0.05, 0.1) is 0 Å². The molecule has 6 nitrogen and oxygen atoms in total. The summed E-state index contributed by atoms with van der Waals surface area (Å²) in [5.41, 5.74) is 1.56. The van der Waals surface area contributed by atoms with Crippen molar-refractivity contribution < 1.29 is 23.8 Å². The van der Waals surface area contributed by atoms with Crippen LogP contribution in [-0.4, -0.2) is 31.7 Å². The van der Waals surface area contributed by atoms with Crippen LogP contribution >= 0.6 is 15.9 Å². The Kier molecular flexibility index (Phi) is 5.21. The van der Waals surface area contributed by atoms with Gasteiger partial charge in [0, 0.05) is 10.2 Å². The Hall–Kier alpha value is -2.02. The van der Waals surface area contributed by atoms with Crippen molar-refractivity contribution in [2.75, 3.05) is 25.1 Å². The zero-order valence-electron chi connectivity index (χ0n) is 11.3. The molecule has 1 N–H and O–H groups in total. The molecule has 2 rings (SSSR count). The summed E-state index contributed by atoms with van der Waals surface area (Å²) >= 11 is 3.34. The second-order valence-electron chi connectivity index (χ2n) is 4.28. The summed E-state index contributed by atoms with van der Waals surface area (Å²) in [6.07, 6.45) is 1.18. The van der Waals surface area contributed by atoms with Crippen LogP contribution in [0.1, 0.15) is 5.56 Å². The van der Waals surface area contributed by atoms with Gasteiger partial charge in [-0.3, -0.25) is 4.79 Å². The number of halogens is 1. The van der Waals surface area contributed by atoms with E-state index in [1.165, 1.54) is 6.26 Å². The number of rotatable bonds is 4. The maximum atomic E-state index is 11.7. The summed E-state index contributed by atoms with van der Waals surface area (Å²) in [4.78, 5) is 23.3. The largest absolute Gasteiger partial charge is 0.493 e. The highest BCUT2D eigenvalue weighted by molar-refractivity contribution is 9.10. The number of hydrogen-bond donors (Lipinski definition) is 1. The molecule has 1 aliphatic heterocycles. The minimum absolute atomic E-state index is 0.0335. The fourth-order valence-electron chi connectivity index (χ4n) is 1.63. The van der Waals surface area contributed by atoms with Crippen molar-refractivity contribution in [2.45, 2.75) is 6.92 Å². The smallest absolute Gasteiger partial charge is 0.377 e. The second-order valence-corrected chi connectivity index (χ2v) is 5.20. The number of ether oxygens (including phenoxy) is 3. The molecule has 0 radical (unpaired) electrons. The number of amides is 1. The van der Waals surface area contributed by atoms with Crippen molar-refractivity contribution in [3.63, 3.8) is 0 Å². The number of benzene rings is 1. The molecule has 0 spiro atoms. The molecule has 1 amide bonds. The van der Waals surface area contributed by atoms with Gasteiger partial charge in [0.25, 0.3) is 5.91 Å². The van der Waals surface area contributed by atoms with Crippen LogP contribution in [-0.2, 0) is 23.8 Å². The third-order valence-electron chi connectivity index (χ3n) is 2.65. The van der Waals surface area contributed by atoms with E-state index in [0.29, 0.717) is 12.3 Å². The van der Waals surface area contributed by atoms with E-state index in [1.54, 1.807) is 6.07 Å². The molecular weight excluding hydrogens is 342 g/mol. The first-order valence-electron chi connectivity index (χ1n) is 6.24. The van der Waals surface area contributed by atoms with Crippen molar-refractivity contribution in [1.82, 2.24) is 0 Å². The van der Waals surface area contributed by atoms with E-state index in [-0.39, 0.29) is 12.4 Å². The number of esters is 1. The molecule has 0 bridgehead atoms. The number of aryl methyl sites for hydroxylation is 1. The van der Waals surface area contributed by atoms with Gasteiger partial charge >= 0.3 is 5.97 Å². The third kappa shape index (κ3) is 4.49. The van der Waals surface area contributed by atoms with E-state index >= 15 is 0 Å². The van der Waals surface area contributed by atoms with Crippen LogP contribution in [0.4, 0.5) is 5.69 Å². The monoisotopic (exact) mass is 355 g/mol. The normalized spacial score (nSPS) is 13.5. The predicted octanol–water partition coefficient (Wildman–Crippen LogP) is 2.13. The zero-order valence-corrected chi connectivity index (χ0v) is 12.9. The molecule has 0 aliphatic carbocycles. The Morgan fingerprint density at radius 1 is 1.38 bits per heavy atom. The molecule has 0 saturated carbocycles. The molecule has 0 unspecified atom stereocenters. The summed E-state index contributed by atoms with van der Waals surface area (Å²) in [7, 11) is 0. The lowest BCUT2D eigenvalue weighted by atomic mass is 10.2. The molecule has 7 heteroatoms. The summed E-state index contributed by atoms with van der Waals surface area (Å²) in [5, 5.41) is 2.67. The van der Waals surface area contributed by atoms with Crippen LogP contribution in [0.2, 0.25) is 0 Å². The molecule has 0 aromatic heterocycles. The summed E-state index contributed by atoms with van der Waals surface area (Å²) < 4.78 is 15.8. The highest BCUT2D eigenvalue weighted by Crippen LogP contribution is 2.19. The predicted molar refractivity (Wildman–Crippen MR) is 78.5 cm³/mol. The number of carbonyl (C=O) groups is 2. The average Bonchev–Trinajstić information content (AvgIpc) is 2.48. The lowest BCUT2D eigenvalue weighted by Gasteiger charge is -2.14. The maximum absolute atomic E-state index is 11.7. The highest BCUT2D eigenvalue weighted by Gasteiger charge is 2.18. The number of carbonyl (C=O) groups excluding carboxylic acids is 2. The summed E-state index contributed by atoms with van der Waals surface area (Å²) in [6.45, 7) is 2.14. The minimum atomic E-state index is -0.725. The quantitative estimate of drug-likeness (QED) is 0.837. The van der Waals surface area contributed by atoms with E-state index < -0.39 is 18.5 Å². The minimum Gasteiger partial charge on any atom is -0.493 e. The molecule has 1 heterocycles. The Labute approximate surface area is 130 Å². The van der Waals surface area contributed by atoms with Gasteiger partial charge in [-0.1, -0.05) is 15.9 Å². The first kappa shape index (κ1) is 15.4. The summed E-state index contributed by atoms with van der Waals surface area (Å²) in [5.74, 6) is -1.18. The van der Waals surface area contributed by atoms with E-state index in [2.05, 4.69) is 21.2 Å². The zero-order chi connectivity index (χ0) is 15.2. The van der Waals surface area contributed by atoms with Crippen LogP contribution in [0.15, 0.2) is 34.7 Å². The molecule has 1 aromatic carbocycles. The van der Waals surface area contributed by atoms with Crippen LogP contribution in [0.3, 0.4) is 0 Å². The second kappa shape index (κ2) is 7.12. The average molecular weight is 356 g/mol. The van der Waals surface area contributed by atoms with Crippen molar-refractivity contribution in [1.29, 1.82) is 0 Å². The van der Waals surface area contributed by atoms with Gasteiger partial charge in [-0.15, -0.1) is 0 Å². The standard InChI is InChI=1S/C14H14BrNO5/c1-9-6-10(15)2-3-11(9)16-13(17)8-21-14(18)12-7-19-4-5-20-12/h2-3,6-7H,4-5,8H2,1H3,(H,16,17). The number of nitrogens with one attached hydrogen (secondary N) is 1. The Bertz CT molecular complexity index is 585. The molecule has 21 heavy (non-hydrogen) atoms. The SMILES string of the molecule is Cc1cc(Br)ccc1NC(=O)COC(=O)C1=COCCO1. The van der Waals surface area contributed by atoms with Gasteiger partial charge in [0.15, 0.2) is 6.61 Å². The van der Waals surface area contributed by atoms with Crippen molar-refractivity contribution in [3.05, 3.63) is 40.3 Å². The first-order valence-corrected chi connectivity index (χ1v) is 7.03. The van der Waals surface area contributed by atoms with Crippen LogP contribution < -0.4 is 5.32 Å². The van der Waals surface area contributed by atoms with E-state index in [9.17, 15) is 9.59 Å². The topological polar surface area (TPSA) is 73.9 Å². The van der Waals surface area contributed by atoms with Crippen LogP contribution in [0, 0.1) is 6.92 Å². The molecule has 1 aliphatic rings. The fourth-order valence-corrected chi connectivity index (χ4v) is 2.11. The summed E-state index contributed by atoms with van der Waals surface area (Å²) in [6, 6.07) is 5.45. The van der Waals surface area contributed by atoms with E-state index in [4.69, 9.17) is 14.2 Å². The van der Waals surface area contributed by atoms with E-state index in [1.807, 2.05) is 19.1 Å². The van der Waals surface area contributed by atoms with Gasteiger partial charge in [0.1, 0.15) is 19.5 Å². The maximum Gasteiger partial charge on any atom is 0.377 e. The highest BCUT2D eigenvalue weighted by atomic mass is 79.9. The lowest BCUT2D eigenvalue weighted by molar-refractivity contribution is -0.148.